The highest BCUT2D eigenvalue weighted by Gasteiger charge is 2.37. The van der Waals surface area contributed by atoms with Crippen molar-refractivity contribution in [3.05, 3.63) is 17.5 Å². The third kappa shape index (κ3) is 3.18. The Morgan fingerprint density at radius 2 is 2.00 bits per heavy atom. The molecule has 1 aromatic rings. The molecule has 0 saturated carbocycles. The first kappa shape index (κ1) is 14.5. The molecule has 1 fully saturated rings. The third-order valence-corrected chi connectivity index (χ3v) is 4.08. The average molecular weight is 264 g/mol. The molecule has 4 heteroatoms. The van der Waals surface area contributed by atoms with Crippen LogP contribution in [-0.2, 0) is 13.1 Å². The van der Waals surface area contributed by atoms with Crippen molar-refractivity contribution in [3.63, 3.8) is 0 Å². The van der Waals surface area contributed by atoms with Crippen LogP contribution in [0.4, 0.5) is 0 Å². The highest BCUT2D eigenvalue weighted by atomic mass is 15.3. The summed E-state index contributed by atoms with van der Waals surface area (Å²) in [7, 11) is 0. The summed E-state index contributed by atoms with van der Waals surface area (Å²) in [6.07, 6.45) is 0. The minimum absolute atomic E-state index is 0.182. The Morgan fingerprint density at radius 1 is 1.32 bits per heavy atom. The predicted molar refractivity (Wildman–Crippen MR) is 79.2 cm³/mol. The van der Waals surface area contributed by atoms with Gasteiger partial charge in [0.05, 0.1) is 11.4 Å². The molecule has 2 rings (SSSR count). The lowest BCUT2D eigenvalue weighted by atomic mass is 9.91. The number of rotatable bonds is 3. The summed E-state index contributed by atoms with van der Waals surface area (Å²) in [6, 6.07) is 2.22. The van der Waals surface area contributed by atoms with Crippen molar-refractivity contribution in [1.82, 2.24) is 20.0 Å². The van der Waals surface area contributed by atoms with E-state index in [9.17, 15) is 0 Å². The van der Waals surface area contributed by atoms with Crippen molar-refractivity contribution >= 4 is 0 Å². The van der Waals surface area contributed by atoms with Crippen molar-refractivity contribution < 1.29 is 0 Å². The van der Waals surface area contributed by atoms with Gasteiger partial charge in [0.25, 0.3) is 0 Å². The van der Waals surface area contributed by atoms with Gasteiger partial charge in [-0.3, -0.25) is 9.58 Å². The van der Waals surface area contributed by atoms with Crippen LogP contribution >= 0.6 is 0 Å². The van der Waals surface area contributed by atoms with Crippen LogP contribution < -0.4 is 5.32 Å². The molecule has 1 N–H and O–H groups in total. The molecular formula is C15H28N4. The van der Waals surface area contributed by atoms with Gasteiger partial charge in [0.1, 0.15) is 0 Å². The van der Waals surface area contributed by atoms with Gasteiger partial charge in [-0.25, -0.2) is 0 Å². The van der Waals surface area contributed by atoms with Crippen LogP contribution in [0.3, 0.4) is 0 Å². The lowest BCUT2D eigenvalue weighted by Crippen LogP contribution is -2.65. The molecule has 2 heterocycles. The Bertz CT molecular complexity index is 445. The normalized spacial score (nSPS) is 22.6. The maximum Gasteiger partial charge on any atom is 0.0597 e. The third-order valence-electron chi connectivity index (χ3n) is 4.08. The van der Waals surface area contributed by atoms with E-state index < -0.39 is 0 Å². The standard InChI is InChI=1S/C15H28N4/c1-7-19-13(8-12(2)17-19)9-18-11-14(3,4)16-10-15(18,5)6/h8,16H,7,9-11H2,1-6H3. The average Bonchev–Trinajstić information content (AvgIpc) is 2.65. The molecule has 0 spiro atoms. The molecule has 0 radical (unpaired) electrons. The number of hydrogen-bond donors (Lipinski definition) is 1. The molecule has 0 aromatic carbocycles. The first-order valence-electron chi connectivity index (χ1n) is 7.27. The van der Waals surface area contributed by atoms with Crippen molar-refractivity contribution in [2.45, 2.75) is 65.7 Å². The van der Waals surface area contributed by atoms with Crippen LogP contribution in [0.1, 0.15) is 46.0 Å². The molecule has 1 aliphatic heterocycles. The van der Waals surface area contributed by atoms with E-state index in [1.54, 1.807) is 0 Å². The fourth-order valence-corrected chi connectivity index (χ4v) is 2.78. The Hall–Kier alpha value is -0.870. The fourth-order valence-electron chi connectivity index (χ4n) is 2.78. The molecule has 19 heavy (non-hydrogen) atoms. The van der Waals surface area contributed by atoms with Crippen LogP contribution in [0.15, 0.2) is 6.07 Å². The smallest absolute Gasteiger partial charge is 0.0597 e. The van der Waals surface area contributed by atoms with Gasteiger partial charge in [0.2, 0.25) is 0 Å². The Morgan fingerprint density at radius 3 is 2.63 bits per heavy atom. The molecule has 0 amide bonds. The topological polar surface area (TPSA) is 33.1 Å². The molecule has 1 aromatic heterocycles. The van der Waals surface area contributed by atoms with Gasteiger partial charge in [-0.2, -0.15) is 5.10 Å². The Kier molecular flexibility index (Phi) is 3.76. The molecule has 0 atom stereocenters. The summed E-state index contributed by atoms with van der Waals surface area (Å²) in [5, 5.41) is 8.19. The Labute approximate surface area is 117 Å². The number of hydrogen-bond acceptors (Lipinski definition) is 3. The van der Waals surface area contributed by atoms with Gasteiger partial charge in [-0.15, -0.1) is 0 Å². The highest BCUT2D eigenvalue weighted by Crippen LogP contribution is 2.25. The van der Waals surface area contributed by atoms with Gasteiger partial charge in [0.15, 0.2) is 0 Å². The number of aromatic nitrogens is 2. The van der Waals surface area contributed by atoms with Crippen LogP contribution in [-0.4, -0.2) is 38.8 Å². The minimum Gasteiger partial charge on any atom is -0.309 e. The second-order valence-corrected chi connectivity index (χ2v) is 7.00. The molecule has 108 valence electrons. The van der Waals surface area contributed by atoms with E-state index in [2.05, 4.69) is 67.6 Å². The summed E-state index contributed by atoms with van der Waals surface area (Å²) in [5.41, 5.74) is 2.81. The van der Waals surface area contributed by atoms with Gasteiger partial charge in [-0.1, -0.05) is 0 Å². The predicted octanol–water partition coefficient (Wildman–Crippen LogP) is 2.17. The van der Waals surface area contributed by atoms with E-state index in [1.807, 2.05) is 0 Å². The monoisotopic (exact) mass is 264 g/mol. The van der Waals surface area contributed by atoms with Crippen LogP contribution in [0.5, 0.6) is 0 Å². The lowest BCUT2D eigenvalue weighted by Gasteiger charge is -2.49. The molecule has 1 saturated heterocycles. The number of nitrogens with one attached hydrogen (secondary N) is 1. The SMILES string of the molecule is CCn1nc(C)cc1CN1CC(C)(C)NCC1(C)C. The highest BCUT2D eigenvalue weighted by molar-refractivity contribution is 5.10. The summed E-state index contributed by atoms with van der Waals surface area (Å²) >= 11 is 0. The lowest BCUT2D eigenvalue weighted by molar-refractivity contribution is 0.0303. The van der Waals surface area contributed by atoms with E-state index in [-0.39, 0.29) is 11.1 Å². The zero-order valence-corrected chi connectivity index (χ0v) is 13.2. The molecule has 4 nitrogen and oxygen atoms in total. The van der Waals surface area contributed by atoms with Crippen LogP contribution in [0, 0.1) is 6.92 Å². The molecule has 1 aliphatic rings. The van der Waals surface area contributed by atoms with E-state index in [1.165, 1.54) is 5.69 Å². The fraction of sp³-hybridized carbons (Fsp3) is 0.800. The van der Waals surface area contributed by atoms with Crippen LogP contribution in [0.2, 0.25) is 0 Å². The summed E-state index contributed by atoms with van der Waals surface area (Å²) in [6.45, 7) is 17.4. The number of aryl methyl sites for hydroxylation is 2. The molecule has 0 unspecified atom stereocenters. The van der Waals surface area contributed by atoms with Crippen molar-refractivity contribution in [3.8, 4) is 0 Å². The quantitative estimate of drug-likeness (QED) is 0.908. The second kappa shape index (κ2) is 4.91. The van der Waals surface area contributed by atoms with Crippen molar-refractivity contribution in [1.29, 1.82) is 0 Å². The zero-order valence-electron chi connectivity index (χ0n) is 13.2. The van der Waals surface area contributed by atoms with Crippen LogP contribution in [0.25, 0.3) is 0 Å². The second-order valence-electron chi connectivity index (χ2n) is 7.00. The van der Waals surface area contributed by atoms with Gasteiger partial charge >= 0.3 is 0 Å². The maximum absolute atomic E-state index is 4.55. The van der Waals surface area contributed by atoms with E-state index in [0.29, 0.717) is 0 Å². The summed E-state index contributed by atoms with van der Waals surface area (Å²) < 4.78 is 2.13. The first-order chi connectivity index (χ1) is 8.73. The maximum atomic E-state index is 4.55. The zero-order chi connectivity index (χ0) is 14.3. The molecular weight excluding hydrogens is 236 g/mol. The minimum atomic E-state index is 0.182. The number of nitrogens with zero attached hydrogens (tertiary/aromatic N) is 3. The first-order valence-corrected chi connectivity index (χ1v) is 7.27. The van der Waals surface area contributed by atoms with Crippen molar-refractivity contribution in [2.75, 3.05) is 13.1 Å². The largest absolute Gasteiger partial charge is 0.309 e. The number of piperazine rings is 1. The van der Waals surface area contributed by atoms with Crippen molar-refractivity contribution in [2.24, 2.45) is 0 Å². The van der Waals surface area contributed by atoms with E-state index in [4.69, 9.17) is 0 Å². The molecule has 0 aliphatic carbocycles. The van der Waals surface area contributed by atoms with E-state index >= 15 is 0 Å². The van der Waals surface area contributed by atoms with E-state index in [0.717, 1.165) is 31.9 Å². The summed E-state index contributed by atoms with van der Waals surface area (Å²) in [4.78, 5) is 2.58. The Balaban J connectivity index is 2.19. The van der Waals surface area contributed by atoms with Gasteiger partial charge in [-0.05, 0) is 47.6 Å². The van der Waals surface area contributed by atoms with Gasteiger partial charge < -0.3 is 5.32 Å². The molecule has 0 bridgehead atoms. The van der Waals surface area contributed by atoms with Gasteiger partial charge in [0, 0.05) is 37.3 Å². The summed E-state index contributed by atoms with van der Waals surface area (Å²) in [5.74, 6) is 0.